The number of oxime groups is 1. The van der Waals surface area contributed by atoms with Gasteiger partial charge in [-0.05, 0) is 6.92 Å². The number of hydrogen-bond donors (Lipinski definition) is 2. The Labute approximate surface area is 92.6 Å². The second-order valence-corrected chi connectivity index (χ2v) is 4.47. The number of rotatable bonds is 4. The number of carbonyl (C=O) groups is 2. The summed E-state index contributed by atoms with van der Waals surface area (Å²) in [5.74, 6) is -0.366. The molecule has 2 amide bonds. The predicted molar refractivity (Wildman–Crippen MR) is 59.5 cm³/mol. The normalized spacial score (nSPS) is 13.1. The molecule has 0 aliphatic rings. The van der Waals surface area contributed by atoms with Crippen LogP contribution in [0.3, 0.4) is 0 Å². The van der Waals surface area contributed by atoms with Gasteiger partial charge in [0, 0.05) is 18.7 Å². The third-order valence-corrected chi connectivity index (χ3v) is 2.31. The number of nitrogens with one attached hydrogen (secondary N) is 1. The summed E-state index contributed by atoms with van der Waals surface area (Å²) in [5.41, 5.74) is 5.03. The number of thioether (sulfide) groups is 1. The highest BCUT2D eigenvalue weighted by Crippen LogP contribution is 2.15. The minimum absolute atomic E-state index is 0.0135. The van der Waals surface area contributed by atoms with Crippen LogP contribution >= 0.6 is 11.8 Å². The number of nitrogens with two attached hydrogens (primary N) is 1. The number of primary amides is 1. The van der Waals surface area contributed by atoms with Crippen molar-refractivity contribution in [2.75, 3.05) is 7.05 Å². The fourth-order valence-electron chi connectivity index (χ4n) is 0.789. The van der Waals surface area contributed by atoms with E-state index in [0.29, 0.717) is 5.04 Å². The molecule has 0 bridgehead atoms. The van der Waals surface area contributed by atoms with Gasteiger partial charge in [0.1, 0.15) is 5.04 Å². The number of hydrogen-bond acceptors (Lipinski definition) is 5. The van der Waals surface area contributed by atoms with Crippen molar-refractivity contribution in [3.63, 3.8) is 0 Å². The summed E-state index contributed by atoms with van der Waals surface area (Å²) in [5, 5.41) is 6.39. The topological polar surface area (TPSA) is 93.8 Å². The molecule has 0 aliphatic heterocycles. The van der Waals surface area contributed by atoms with Crippen LogP contribution in [0.1, 0.15) is 20.3 Å². The van der Waals surface area contributed by atoms with E-state index in [2.05, 4.69) is 15.3 Å². The Morgan fingerprint density at radius 2 is 2.20 bits per heavy atom. The summed E-state index contributed by atoms with van der Waals surface area (Å²) in [6.45, 7) is 3.53. The molecule has 0 radical (unpaired) electrons. The fraction of sp³-hybridized carbons (Fsp3) is 0.625. The van der Waals surface area contributed by atoms with Crippen LogP contribution in [0.4, 0.5) is 4.79 Å². The molecule has 0 spiro atoms. The first-order valence-electron chi connectivity index (χ1n) is 4.34. The molecule has 1 unspecified atom stereocenters. The lowest BCUT2D eigenvalue weighted by molar-refractivity contribution is -0.117. The van der Waals surface area contributed by atoms with Crippen LogP contribution in [0.5, 0.6) is 0 Å². The van der Waals surface area contributed by atoms with Crippen LogP contribution in [0, 0.1) is 0 Å². The molecular formula is C8H15N3O3S. The van der Waals surface area contributed by atoms with Crippen molar-refractivity contribution in [2.24, 2.45) is 10.9 Å². The molecule has 0 saturated heterocycles. The molecule has 6 nitrogen and oxygen atoms in total. The molecule has 1 atom stereocenters. The van der Waals surface area contributed by atoms with Crippen molar-refractivity contribution in [2.45, 2.75) is 25.5 Å². The van der Waals surface area contributed by atoms with Crippen LogP contribution in [0.2, 0.25) is 0 Å². The maximum absolute atomic E-state index is 10.7. The Morgan fingerprint density at radius 3 is 2.67 bits per heavy atom. The summed E-state index contributed by atoms with van der Waals surface area (Å²) in [4.78, 5) is 25.7. The zero-order chi connectivity index (χ0) is 11.8. The van der Waals surface area contributed by atoms with Gasteiger partial charge in [-0.25, -0.2) is 4.79 Å². The van der Waals surface area contributed by atoms with E-state index in [9.17, 15) is 9.59 Å². The molecule has 0 aliphatic carbocycles. The lowest BCUT2D eigenvalue weighted by atomic mass is 10.3. The van der Waals surface area contributed by atoms with Gasteiger partial charge in [-0.3, -0.25) is 9.63 Å². The molecule has 86 valence electrons. The highest BCUT2D eigenvalue weighted by Gasteiger charge is 2.08. The molecular weight excluding hydrogens is 218 g/mol. The summed E-state index contributed by atoms with van der Waals surface area (Å²) in [6.07, 6.45) is -0.366. The molecule has 3 N–H and O–H groups in total. The first-order valence-corrected chi connectivity index (χ1v) is 5.22. The first-order chi connectivity index (χ1) is 6.95. The van der Waals surface area contributed by atoms with Crippen molar-refractivity contribution in [1.82, 2.24) is 5.32 Å². The molecule has 0 rings (SSSR count). The summed E-state index contributed by atoms with van der Waals surface area (Å²) < 4.78 is 0. The molecule has 0 fully saturated rings. The summed E-state index contributed by atoms with van der Waals surface area (Å²) >= 11 is 1.32. The second-order valence-electron chi connectivity index (χ2n) is 2.84. The zero-order valence-electron chi connectivity index (χ0n) is 8.94. The Bertz CT molecular complexity index is 268. The maximum atomic E-state index is 10.7. The fourth-order valence-corrected chi connectivity index (χ4v) is 1.70. The largest absolute Gasteiger partial charge is 0.433 e. The van der Waals surface area contributed by atoms with Crippen molar-refractivity contribution in [3.05, 3.63) is 0 Å². The standard InChI is InChI=1S/C8H15N3O3S/c1-5(4-7(9)12)15-6(2)11-14-8(13)10-3/h5H,4H2,1-3H3,(H2,9,12)(H,10,13)/b11-6-. The molecule has 7 heteroatoms. The summed E-state index contributed by atoms with van der Waals surface area (Å²) in [6, 6.07) is 0. The van der Waals surface area contributed by atoms with Crippen LogP contribution < -0.4 is 11.1 Å². The van der Waals surface area contributed by atoms with Crippen molar-refractivity contribution < 1.29 is 14.4 Å². The van der Waals surface area contributed by atoms with Gasteiger partial charge in [0.2, 0.25) is 5.91 Å². The van der Waals surface area contributed by atoms with Crippen LogP contribution in [-0.4, -0.2) is 29.3 Å². The van der Waals surface area contributed by atoms with E-state index in [-0.39, 0.29) is 17.6 Å². The van der Waals surface area contributed by atoms with E-state index in [1.807, 2.05) is 6.92 Å². The molecule has 0 aromatic rings. The van der Waals surface area contributed by atoms with Crippen LogP contribution in [0.15, 0.2) is 5.16 Å². The van der Waals surface area contributed by atoms with Gasteiger partial charge < -0.3 is 11.1 Å². The highest BCUT2D eigenvalue weighted by atomic mass is 32.2. The maximum Gasteiger partial charge on any atom is 0.433 e. The van der Waals surface area contributed by atoms with Crippen molar-refractivity contribution in [3.8, 4) is 0 Å². The minimum atomic E-state index is -0.627. The van der Waals surface area contributed by atoms with E-state index < -0.39 is 6.09 Å². The molecule has 15 heavy (non-hydrogen) atoms. The second kappa shape index (κ2) is 7.10. The van der Waals surface area contributed by atoms with E-state index in [0.717, 1.165) is 0 Å². The van der Waals surface area contributed by atoms with Gasteiger partial charge in [-0.2, -0.15) is 0 Å². The molecule has 0 aromatic carbocycles. The minimum Gasteiger partial charge on any atom is -0.370 e. The SMILES string of the molecule is CNC(=O)O/N=C(/C)SC(C)CC(N)=O. The third kappa shape index (κ3) is 7.80. The van der Waals surface area contributed by atoms with Gasteiger partial charge >= 0.3 is 6.09 Å². The van der Waals surface area contributed by atoms with Crippen LogP contribution in [0.25, 0.3) is 0 Å². The van der Waals surface area contributed by atoms with Crippen LogP contribution in [-0.2, 0) is 9.63 Å². The Morgan fingerprint density at radius 1 is 1.60 bits per heavy atom. The van der Waals surface area contributed by atoms with E-state index in [1.165, 1.54) is 18.8 Å². The number of amides is 2. The van der Waals surface area contributed by atoms with E-state index >= 15 is 0 Å². The van der Waals surface area contributed by atoms with Gasteiger partial charge in [-0.1, -0.05) is 12.1 Å². The van der Waals surface area contributed by atoms with Gasteiger partial charge in [-0.15, -0.1) is 11.8 Å². The quantitative estimate of drug-likeness (QED) is 0.323. The highest BCUT2D eigenvalue weighted by molar-refractivity contribution is 8.14. The van der Waals surface area contributed by atoms with Gasteiger partial charge in [0.15, 0.2) is 0 Å². The first kappa shape index (κ1) is 13.8. The Balaban J connectivity index is 3.95. The monoisotopic (exact) mass is 233 g/mol. The van der Waals surface area contributed by atoms with Gasteiger partial charge in [0.05, 0.1) is 0 Å². The number of nitrogens with zero attached hydrogens (tertiary/aromatic N) is 1. The molecule has 0 heterocycles. The Kier molecular flexibility index (Phi) is 6.52. The van der Waals surface area contributed by atoms with Crippen molar-refractivity contribution in [1.29, 1.82) is 0 Å². The number of carbonyl (C=O) groups excluding carboxylic acids is 2. The summed E-state index contributed by atoms with van der Waals surface area (Å²) in [7, 11) is 1.44. The molecule has 0 saturated carbocycles. The predicted octanol–water partition coefficient (Wildman–Crippen LogP) is 0.673. The van der Waals surface area contributed by atoms with Crippen molar-refractivity contribution >= 4 is 28.8 Å². The van der Waals surface area contributed by atoms with E-state index in [1.54, 1.807) is 6.92 Å². The average Bonchev–Trinajstić information content (AvgIpc) is 2.12. The Hall–Kier alpha value is -1.24. The lowest BCUT2D eigenvalue weighted by Crippen LogP contribution is -2.18. The van der Waals surface area contributed by atoms with E-state index in [4.69, 9.17) is 5.73 Å². The zero-order valence-corrected chi connectivity index (χ0v) is 9.76. The average molecular weight is 233 g/mol. The van der Waals surface area contributed by atoms with Gasteiger partial charge in [0.25, 0.3) is 0 Å². The smallest absolute Gasteiger partial charge is 0.370 e. The lowest BCUT2D eigenvalue weighted by Gasteiger charge is -2.07. The third-order valence-electron chi connectivity index (χ3n) is 1.32. The molecule has 0 aromatic heterocycles.